The number of benzene rings is 1. The van der Waals surface area contributed by atoms with E-state index in [2.05, 4.69) is 0 Å². The summed E-state index contributed by atoms with van der Waals surface area (Å²) in [6, 6.07) is 3.61. The minimum atomic E-state index is -3.34. The second kappa shape index (κ2) is 5.49. The molecule has 1 aromatic carbocycles. The summed E-state index contributed by atoms with van der Waals surface area (Å²) in [5.41, 5.74) is 1.16. The maximum absolute atomic E-state index is 13.8. The molecule has 1 aromatic rings. The van der Waals surface area contributed by atoms with Crippen LogP contribution in [0, 0.1) is 12.7 Å². The zero-order valence-corrected chi connectivity index (χ0v) is 11.9. The predicted octanol–water partition coefficient (Wildman–Crippen LogP) is 0.818. The van der Waals surface area contributed by atoms with Crippen LogP contribution in [0.3, 0.4) is 0 Å². The number of hydrogen-bond acceptors (Lipinski definition) is 4. The van der Waals surface area contributed by atoms with E-state index in [-0.39, 0.29) is 18.8 Å². The van der Waals surface area contributed by atoms with Gasteiger partial charge in [-0.25, -0.2) is 12.8 Å². The first-order chi connectivity index (χ1) is 9.28. The highest BCUT2D eigenvalue weighted by Gasteiger charge is 2.36. The number of aliphatic carboxylic acids is 1. The van der Waals surface area contributed by atoms with E-state index in [1.165, 1.54) is 11.0 Å². The lowest BCUT2D eigenvalue weighted by atomic mass is 10.1. The molecule has 0 radical (unpaired) electrons. The monoisotopic (exact) mass is 301 g/mol. The van der Waals surface area contributed by atoms with Gasteiger partial charge in [-0.2, -0.15) is 0 Å². The summed E-state index contributed by atoms with van der Waals surface area (Å²) < 4.78 is 36.8. The summed E-state index contributed by atoms with van der Waals surface area (Å²) in [5.74, 6) is -2.11. The second-order valence-electron chi connectivity index (χ2n) is 5.03. The van der Waals surface area contributed by atoms with Gasteiger partial charge in [-0.1, -0.05) is 12.1 Å². The zero-order chi connectivity index (χ0) is 14.9. The van der Waals surface area contributed by atoms with Crippen LogP contribution < -0.4 is 0 Å². The molecule has 0 aromatic heterocycles. The molecule has 1 unspecified atom stereocenters. The number of sulfone groups is 1. The topological polar surface area (TPSA) is 74.7 Å². The number of carboxylic acid groups (broad SMARTS) is 1. The lowest BCUT2D eigenvalue weighted by Crippen LogP contribution is -2.51. The third-order valence-electron chi connectivity index (χ3n) is 3.41. The van der Waals surface area contributed by atoms with Gasteiger partial charge in [0.25, 0.3) is 0 Å². The lowest BCUT2D eigenvalue weighted by molar-refractivity contribution is -0.142. The molecule has 0 saturated carbocycles. The van der Waals surface area contributed by atoms with Gasteiger partial charge in [-0.3, -0.25) is 9.69 Å². The third-order valence-corrected chi connectivity index (χ3v) is 5.04. The van der Waals surface area contributed by atoms with Gasteiger partial charge in [0, 0.05) is 18.7 Å². The Labute approximate surface area is 116 Å². The van der Waals surface area contributed by atoms with E-state index in [0.717, 1.165) is 5.56 Å². The van der Waals surface area contributed by atoms with Crippen LogP contribution in [-0.2, 0) is 21.2 Å². The fourth-order valence-electron chi connectivity index (χ4n) is 2.26. The molecular weight excluding hydrogens is 285 g/mol. The molecule has 1 aliphatic rings. The van der Waals surface area contributed by atoms with Crippen molar-refractivity contribution in [2.24, 2.45) is 0 Å². The Balaban J connectivity index is 2.21. The van der Waals surface area contributed by atoms with Gasteiger partial charge in [-0.05, 0) is 18.6 Å². The molecule has 1 fully saturated rings. The number of aryl methyl sites for hydroxylation is 1. The second-order valence-corrected chi connectivity index (χ2v) is 7.26. The van der Waals surface area contributed by atoms with Gasteiger partial charge in [0.2, 0.25) is 0 Å². The first-order valence-electron chi connectivity index (χ1n) is 6.21. The molecule has 0 bridgehead atoms. The smallest absolute Gasteiger partial charge is 0.321 e. The van der Waals surface area contributed by atoms with Crippen LogP contribution in [0.25, 0.3) is 0 Å². The molecule has 0 amide bonds. The van der Waals surface area contributed by atoms with Crippen molar-refractivity contribution in [2.45, 2.75) is 19.5 Å². The van der Waals surface area contributed by atoms with Crippen molar-refractivity contribution >= 4 is 15.8 Å². The van der Waals surface area contributed by atoms with E-state index < -0.39 is 33.4 Å². The van der Waals surface area contributed by atoms with Crippen LogP contribution in [0.4, 0.5) is 4.39 Å². The summed E-state index contributed by atoms with van der Waals surface area (Å²) in [7, 11) is -3.34. The van der Waals surface area contributed by atoms with E-state index in [4.69, 9.17) is 5.11 Å². The lowest BCUT2D eigenvalue weighted by Gasteiger charge is -2.32. The molecule has 1 heterocycles. The number of halogens is 1. The van der Waals surface area contributed by atoms with Crippen molar-refractivity contribution in [3.8, 4) is 0 Å². The van der Waals surface area contributed by atoms with Gasteiger partial charge in [0.1, 0.15) is 11.9 Å². The Morgan fingerprint density at radius 2 is 2.20 bits per heavy atom. The van der Waals surface area contributed by atoms with E-state index in [1.807, 2.05) is 0 Å². The summed E-state index contributed by atoms with van der Waals surface area (Å²) in [5, 5.41) is 9.13. The maximum Gasteiger partial charge on any atom is 0.321 e. The normalized spacial score (nSPS) is 22.6. The van der Waals surface area contributed by atoms with Crippen LogP contribution in [0.2, 0.25) is 0 Å². The van der Waals surface area contributed by atoms with Crippen LogP contribution >= 0.6 is 0 Å². The molecular formula is C13H16FNO4S. The van der Waals surface area contributed by atoms with Crippen molar-refractivity contribution in [1.29, 1.82) is 0 Å². The van der Waals surface area contributed by atoms with Crippen molar-refractivity contribution in [3.63, 3.8) is 0 Å². The van der Waals surface area contributed by atoms with Gasteiger partial charge in [0.15, 0.2) is 9.84 Å². The SMILES string of the molecule is Cc1ccc(CN2CCS(=O)(=O)CC2C(=O)O)c(F)c1. The number of rotatable bonds is 3. The summed E-state index contributed by atoms with van der Waals surface area (Å²) >= 11 is 0. The average molecular weight is 301 g/mol. The van der Waals surface area contributed by atoms with Gasteiger partial charge in [-0.15, -0.1) is 0 Å². The molecule has 0 spiro atoms. The van der Waals surface area contributed by atoms with Crippen LogP contribution in [0.15, 0.2) is 18.2 Å². The first kappa shape index (κ1) is 14.9. The quantitative estimate of drug-likeness (QED) is 0.894. The largest absolute Gasteiger partial charge is 0.480 e. The van der Waals surface area contributed by atoms with Crippen LogP contribution in [0.5, 0.6) is 0 Å². The number of carboxylic acids is 1. The van der Waals surface area contributed by atoms with Crippen molar-refractivity contribution in [3.05, 3.63) is 35.1 Å². The van der Waals surface area contributed by atoms with Gasteiger partial charge < -0.3 is 5.11 Å². The summed E-state index contributed by atoms with van der Waals surface area (Å²) in [6.45, 7) is 1.96. The van der Waals surface area contributed by atoms with E-state index in [9.17, 15) is 17.6 Å². The van der Waals surface area contributed by atoms with E-state index >= 15 is 0 Å². The molecule has 7 heteroatoms. The highest BCUT2D eigenvalue weighted by Crippen LogP contribution is 2.18. The zero-order valence-electron chi connectivity index (χ0n) is 11.0. The van der Waals surface area contributed by atoms with Crippen LogP contribution in [-0.4, -0.2) is 48.5 Å². The molecule has 110 valence electrons. The molecule has 1 N–H and O–H groups in total. The third kappa shape index (κ3) is 3.34. The number of hydrogen-bond donors (Lipinski definition) is 1. The Hall–Kier alpha value is -1.47. The maximum atomic E-state index is 13.8. The molecule has 0 aliphatic carbocycles. The molecule has 1 aliphatic heterocycles. The van der Waals surface area contributed by atoms with E-state index in [1.54, 1.807) is 19.1 Å². The Morgan fingerprint density at radius 1 is 1.50 bits per heavy atom. The number of nitrogens with zero attached hydrogens (tertiary/aromatic N) is 1. The number of carbonyl (C=O) groups is 1. The van der Waals surface area contributed by atoms with E-state index in [0.29, 0.717) is 5.56 Å². The summed E-state index contributed by atoms with van der Waals surface area (Å²) in [4.78, 5) is 12.7. The Morgan fingerprint density at radius 3 is 2.80 bits per heavy atom. The standard InChI is InChI=1S/C13H16FNO4S/c1-9-2-3-10(11(14)6-9)7-15-4-5-20(18,19)8-12(15)13(16)17/h2-3,6,12H,4-5,7-8H2,1H3,(H,16,17). The molecule has 20 heavy (non-hydrogen) atoms. The van der Waals surface area contributed by atoms with Gasteiger partial charge in [0.05, 0.1) is 11.5 Å². The predicted molar refractivity (Wildman–Crippen MR) is 71.6 cm³/mol. The molecule has 2 rings (SSSR count). The highest BCUT2D eigenvalue weighted by molar-refractivity contribution is 7.91. The molecule has 1 atom stereocenters. The summed E-state index contributed by atoms with van der Waals surface area (Å²) in [6.07, 6.45) is 0. The van der Waals surface area contributed by atoms with Crippen molar-refractivity contribution in [1.82, 2.24) is 4.90 Å². The van der Waals surface area contributed by atoms with Gasteiger partial charge >= 0.3 is 5.97 Å². The van der Waals surface area contributed by atoms with Crippen LogP contribution in [0.1, 0.15) is 11.1 Å². The average Bonchev–Trinajstić information content (AvgIpc) is 2.34. The fourth-order valence-corrected chi connectivity index (χ4v) is 3.77. The first-order valence-corrected chi connectivity index (χ1v) is 8.03. The highest BCUT2D eigenvalue weighted by atomic mass is 32.2. The minimum Gasteiger partial charge on any atom is -0.480 e. The fraction of sp³-hybridized carbons (Fsp3) is 0.462. The molecule has 5 nitrogen and oxygen atoms in total. The Kier molecular flexibility index (Phi) is 4.10. The van der Waals surface area contributed by atoms with Crippen molar-refractivity contribution in [2.75, 3.05) is 18.1 Å². The minimum absolute atomic E-state index is 0.0930. The molecule has 1 saturated heterocycles. The van der Waals surface area contributed by atoms with Crippen molar-refractivity contribution < 1.29 is 22.7 Å². The Bertz CT molecular complexity index is 629.